The van der Waals surface area contributed by atoms with E-state index in [9.17, 15) is 0 Å². The number of hydrogen-bond donors (Lipinski definition) is 0. The molecule has 22 heavy (non-hydrogen) atoms. The summed E-state index contributed by atoms with van der Waals surface area (Å²) in [7, 11) is 0. The molecule has 0 saturated carbocycles. The molecule has 4 unspecified atom stereocenters. The zero-order chi connectivity index (χ0) is 14.5. The Morgan fingerprint density at radius 2 is 0.909 bits per heavy atom. The van der Waals surface area contributed by atoms with Crippen molar-refractivity contribution in [3.63, 3.8) is 0 Å². The summed E-state index contributed by atoms with van der Waals surface area (Å²) in [4.78, 5) is 0. The van der Waals surface area contributed by atoms with E-state index in [0.29, 0.717) is 24.4 Å². The molecule has 1 aromatic carbocycles. The molecule has 4 fully saturated rings. The Bertz CT molecular complexity index is 518. The van der Waals surface area contributed by atoms with Gasteiger partial charge in [0.2, 0.25) is 0 Å². The van der Waals surface area contributed by atoms with E-state index >= 15 is 0 Å². The molecule has 0 radical (unpaired) electrons. The predicted octanol–water partition coefficient (Wildman–Crippen LogP) is 1.45. The lowest BCUT2D eigenvalue weighted by atomic mass is 9.87. The van der Waals surface area contributed by atoms with Crippen molar-refractivity contribution in [1.82, 2.24) is 0 Å². The molecular formula is C18H22O4. The van der Waals surface area contributed by atoms with Gasteiger partial charge in [-0.25, -0.2) is 0 Å². The Morgan fingerprint density at radius 1 is 0.591 bits per heavy atom. The summed E-state index contributed by atoms with van der Waals surface area (Å²) in [6.07, 6.45) is 5.88. The average molecular weight is 302 g/mol. The summed E-state index contributed by atoms with van der Waals surface area (Å²) in [5, 5.41) is 0. The smallest absolute Gasteiger partial charge is 0.0850 e. The Balaban J connectivity index is 1.49. The molecule has 4 heteroatoms. The SMILES string of the molecule is c1cc(CC2CO2)c(CC2CO2)c(CC2CO2)c1CC1CO1. The van der Waals surface area contributed by atoms with Crippen LogP contribution in [-0.2, 0) is 44.6 Å². The zero-order valence-electron chi connectivity index (χ0n) is 12.8. The largest absolute Gasteiger partial charge is 0.373 e. The Labute approximate surface area is 130 Å². The van der Waals surface area contributed by atoms with Gasteiger partial charge in [-0.3, -0.25) is 0 Å². The zero-order valence-corrected chi connectivity index (χ0v) is 12.8. The molecule has 0 amide bonds. The molecule has 0 bridgehead atoms. The lowest BCUT2D eigenvalue weighted by Crippen LogP contribution is -2.12. The first kappa shape index (κ1) is 13.5. The third-order valence-electron chi connectivity index (χ3n) is 4.99. The van der Waals surface area contributed by atoms with Crippen LogP contribution in [0, 0.1) is 0 Å². The van der Waals surface area contributed by atoms with Gasteiger partial charge in [0.1, 0.15) is 0 Å². The molecule has 0 aromatic heterocycles. The van der Waals surface area contributed by atoms with Crippen molar-refractivity contribution in [3.05, 3.63) is 34.4 Å². The van der Waals surface area contributed by atoms with E-state index in [-0.39, 0.29) is 0 Å². The summed E-state index contributed by atoms with van der Waals surface area (Å²) < 4.78 is 21.9. The summed E-state index contributed by atoms with van der Waals surface area (Å²) in [6, 6.07) is 4.63. The minimum atomic E-state index is 0.421. The molecule has 4 saturated heterocycles. The van der Waals surface area contributed by atoms with Gasteiger partial charge in [-0.15, -0.1) is 0 Å². The van der Waals surface area contributed by atoms with Crippen molar-refractivity contribution < 1.29 is 18.9 Å². The first-order valence-electron chi connectivity index (χ1n) is 8.44. The quantitative estimate of drug-likeness (QED) is 0.682. The summed E-state index contributed by atoms with van der Waals surface area (Å²) in [5.41, 5.74) is 5.92. The van der Waals surface area contributed by atoms with Crippen LogP contribution in [0.2, 0.25) is 0 Å². The van der Waals surface area contributed by atoms with Gasteiger partial charge in [-0.05, 0) is 22.3 Å². The first-order valence-corrected chi connectivity index (χ1v) is 8.44. The van der Waals surface area contributed by atoms with Crippen LogP contribution in [0.5, 0.6) is 0 Å². The Morgan fingerprint density at radius 3 is 1.23 bits per heavy atom. The van der Waals surface area contributed by atoms with Crippen molar-refractivity contribution in [2.45, 2.75) is 50.1 Å². The maximum absolute atomic E-state index is 5.51. The second-order valence-corrected chi connectivity index (χ2v) is 6.98. The van der Waals surface area contributed by atoms with E-state index in [1.54, 1.807) is 0 Å². The van der Waals surface area contributed by atoms with E-state index < -0.39 is 0 Å². The molecule has 4 aliphatic rings. The number of benzene rings is 1. The van der Waals surface area contributed by atoms with Crippen molar-refractivity contribution >= 4 is 0 Å². The highest BCUT2D eigenvalue weighted by Gasteiger charge is 2.33. The van der Waals surface area contributed by atoms with E-state index in [0.717, 1.165) is 52.1 Å². The molecule has 1 aromatic rings. The maximum Gasteiger partial charge on any atom is 0.0850 e. The molecule has 4 aliphatic heterocycles. The molecule has 118 valence electrons. The summed E-state index contributed by atoms with van der Waals surface area (Å²) in [5.74, 6) is 0. The number of ether oxygens (including phenoxy) is 4. The lowest BCUT2D eigenvalue weighted by Gasteiger charge is -2.18. The highest BCUT2D eigenvalue weighted by atomic mass is 16.6. The molecule has 5 rings (SSSR count). The van der Waals surface area contributed by atoms with Crippen LogP contribution in [0.1, 0.15) is 22.3 Å². The van der Waals surface area contributed by atoms with Gasteiger partial charge in [-0.1, -0.05) is 12.1 Å². The molecular weight excluding hydrogens is 280 g/mol. The topological polar surface area (TPSA) is 50.1 Å². The standard InChI is InChI=1S/C18H22O4/c1-2-12(4-14-8-20-14)18(6-16-10-22-16)17(5-15-9-21-15)11(1)3-13-7-19-13/h1-2,13-16H,3-10H2. The van der Waals surface area contributed by atoms with Crippen molar-refractivity contribution in [3.8, 4) is 0 Å². The van der Waals surface area contributed by atoms with Crippen LogP contribution in [0.4, 0.5) is 0 Å². The maximum atomic E-state index is 5.51. The van der Waals surface area contributed by atoms with Gasteiger partial charge >= 0.3 is 0 Å². The minimum Gasteiger partial charge on any atom is -0.373 e. The van der Waals surface area contributed by atoms with Crippen molar-refractivity contribution in [2.75, 3.05) is 26.4 Å². The number of hydrogen-bond acceptors (Lipinski definition) is 4. The van der Waals surface area contributed by atoms with Crippen LogP contribution < -0.4 is 0 Å². The second-order valence-electron chi connectivity index (χ2n) is 6.98. The fourth-order valence-electron chi connectivity index (χ4n) is 3.37. The average Bonchev–Trinajstić information content (AvgIpc) is 3.32. The molecule has 4 nitrogen and oxygen atoms in total. The van der Waals surface area contributed by atoms with Gasteiger partial charge in [0.05, 0.1) is 50.8 Å². The number of rotatable bonds is 8. The van der Waals surface area contributed by atoms with Crippen molar-refractivity contribution in [1.29, 1.82) is 0 Å². The van der Waals surface area contributed by atoms with Gasteiger partial charge in [0.15, 0.2) is 0 Å². The number of epoxide rings is 4. The van der Waals surface area contributed by atoms with E-state index in [4.69, 9.17) is 18.9 Å². The predicted molar refractivity (Wildman–Crippen MR) is 80.2 cm³/mol. The van der Waals surface area contributed by atoms with Crippen LogP contribution >= 0.6 is 0 Å². The van der Waals surface area contributed by atoms with Crippen LogP contribution in [-0.4, -0.2) is 50.8 Å². The molecule has 0 spiro atoms. The van der Waals surface area contributed by atoms with Gasteiger partial charge in [0, 0.05) is 25.7 Å². The van der Waals surface area contributed by atoms with Crippen molar-refractivity contribution in [2.24, 2.45) is 0 Å². The Hall–Kier alpha value is -0.940. The highest BCUT2D eigenvalue weighted by Crippen LogP contribution is 2.32. The van der Waals surface area contributed by atoms with Gasteiger partial charge < -0.3 is 18.9 Å². The first-order chi connectivity index (χ1) is 10.8. The third kappa shape index (κ3) is 3.20. The van der Waals surface area contributed by atoms with E-state index in [2.05, 4.69) is 12.1 Å². The second kappa shape index (κ2) is 5.31. The minimum absolute atomic E-state index is 0.421. The molecule has 0 aliphatic carbocycles. The molecule has 4 heterocycles. The van der Waals surface area contributed by atoms with E-state index in [1.165, 1.54) is 22.3 Å². The highest BCUT2D eigenvalue weighted by molar-refractivity contribution is 5.44. The van der Waals surface area contributed by atoms with Gasteiger partial charge in [-0.2, -0.15) is 0 Å². The van der Waals surface area contributed by atoms with Gasteiger partial charge in [0.25, 0.3) is 0 Å². The normalized spacial score (nSPS) is 34.5. The molecule has 0 N–H and O–H groups in total. The monoisotopic (exact) mass is 302 g/mol. The Kier molecular flexibility index (Phi) is 3.25. The van der Waals surface area contributed by atoms with Crippen LogP contribution in [0.25, 0.3) is 0 Å². The fourth-order valence-corrected chi connectivity index (χ4v) is 3.37. The van der Waals surface area contributed by atoms with E-state index in [1.807, 2.05) is 0 Å². The lowest BCUT2D eigenvalue weighted by molar-refractivity contribution is 0.395. The third-order valence-corrected chi connectivity index (χ3v) is 4.99. The summed E-state index contributed by atoms with van der Waals surface area (Å²) in [6.45, 7) is 3.65. The van der Waals surface area contributed by atoms with Crippen LogP contribution in [0.15, 0.2) is 12.1 Å². The summed E-state index contributed by atoms with van der Waals surface area (Å²) >= 11 is 0. The van der Waals surface area contributed by atoms with Crippen LogP contribution in [0.3, 0.4) is 0 Å². The molecule has 4 atom stereocenters. The fraction of sp³-hybridized carbons (Fsp3) is 0.667.